The average molecular weight is 546 g/mol. The minimum atomic E-state index is 0.421. The molecule has 1 aliphatic heterocycles. The Morgan fingerprint density at radius 2 is 1.21 bits per heavy atom. The van der Waals surface area contributed by atoms with E-state index in [0.29, 0.717) is 5.92 Å². The fourth-order valence-corrected chi connectivity index (χ4v) is 8.09. The molecule has 0 saturated heterocycles. The third kappa shape index (κ3) is 3.06. The molecule has 1 atom stereocenters. The predicted molar refractivity (Wildman–Crippen MR) is 184 cm³/mol. The summed E-state index contributed by atoms with van der Waals surface area (Å²) in [6.45, 7) is 0. The Labute approximate surface area is 249 Å². The number of hydrogen-bond donors (Lipinski definition) is 0. The van der Waals surface area contributed by atoms with Gasteiger partial charge in [-0.05, 0) is 84.8 Å². The van der Waals surface area contributed by atoms with Crippen molar-refractivity contribution in [2.75, 3.05) is 0 Å². The molecule has 0 spiro atoms. The molecule has 0 N–H and O–H groups in total. The van der Waals surface area contributed by atoms with Gasteiger partial charge in [-0.25, -0.2) is 0 Å². The highest BCUT2D eigenvalue weighted by atomic mass is 15.0. The Balaban J connectivity index is 1.36. The van der Waals surface area contributed by atoms with Crippen molar-refractivity contribution in [2.45, 2.75) is 12.3 Å². The van der Waals surface area contributed by atoms with Crippen LogP contribution < -0.4 is 0 Å². The number of hydrogen-bond acceptors (Lipinski definition) is 0. The molecule has 43 heavy (non-hydrogen) atoms. The monoisotopic (exact) mass is 545 g/mol. The zero-order valence-electron chi connectivity index (χ0n) is 23.6. The quantitative estimate of drug-likeness (QED) is 0.190. The Morgan fingerprint density at radius 3 is 1.98 bits per heavy atom. The van der Waals surface area contributed by atoms with Crippen molar-refractivity contribution in [1.29, 1.82) is 0 Å². The largest absolute Gasteiger partial charge is 0.312 e. The van der Waals surface area contributed by atoms with Crippen LogP contribution >= 0.6 is 0 Å². The van der Waals surface area contributed by atoms with Gasteiger partial charge in [-0.2, -0.15) is 0 Å². The average Bonchev–Trinajstić information content (AvgIpc) is 3.59. The highest BCUT2D eigenvalue weighted by Gasteiger charge is 2.33. The molecule has 1 aromatic heterocycles. The fourth-order valence-electron chi connectivity index (χ4n) is 8.09. The maximum absolute atomic E-state index is 2.55. The van der Waals surface area contributed by atoms with Crippen LogP contribution in [0.1, 0.15) is 17.9 Å². The number of rotatable bonds is 2. The van der Waals surface area contributed by atoms with Crippen molar-refractivity contribution in [3.8, 4) is 22.3 Å². The molecule has 7 aromatic carbocycles. The number of nitrogens with zero attached hydrogens (tertiary/aromatic N) is 1. The van der Waals surface area contributed by atoms with Crippen LogP contribution in [-0.2, 0) is 0 Å². The highest BCUT2D eigenvalue weighted by molar-refractivity contribution is 6.27. The number of allylic oxidation sites excluding steroid dienone is 4. The lowest BCUT2D eigenvalue weighted by Crippen LogP contribution is -2.01. The summed E-state index contributed by atoms with van der Waals surface area (Å²) in [6.07, 6.45) is 7.92. The molecule has 1 heteroatoms. The van der Waals surface area contributed by atoms with E-state index in [1.54, 1.807) is 0 Å². The van der Waals surface area contributed by atoms with Gasteiger partial charge in [-0.15, -0.1) is 0 Å². The van der Waals surface area contributed by atoms with E-state index in [0.717, 1.165) is 6.42 Å². The van der Waals surface area contributed by atoms with Gasteiger partial charge in [0.15, 0.2) is 0 Å². The van der Waals surface area contributed by atoms with E-state index in [1.165, 1.54) is 87.6 Å². The summed E-state index contributed by atoms with van der Waals surface area (Å²) >= 11 is 0. The Hall–Kier alpha value is -5.40. The van der Waals surface area contributed by atoms with Crippen LogP contribution in [-0.4, -0.2) is 4.57 Å². The molecule has 0 amide bonds. The van der Waals surface area contributed by atoms with Crippen LogP contribution in [0.3, 0.4) is 0 Å². The van der Waals surface area contributed by atoms with Gasteiger partial charge in [-0.1, -0.05) is 127 Å². The predicted octanol–water partition coefficient (Wildman–Crippen LogP) is 11.5. The highest BCUT2D eigenvalue weighted by Crippen LogP contribution is 2.53. The van der Waals surface area contributed by atoms with Crippen LogP contribution in [0.25, 0.3) is 82.1 Å². The molecule has 1 unspecified atom stereocenters. The van der Waals surface area contributed by atoms with Crippen molar-refractivity contribution in [2.24, 2.45) is 0 Å². The first-order valence-corrected chi connectivity index (χ1v) is 15.2. The van der Waals surface area contributed by atoms with E-state index in [9.17, 15) is 0 Å². The van der Waals surface area contributed by atoms with Crippen molar-refractivity contribution in [1.82, 2.24) is 4.57 Å². The van der Waals surface area contributed by atoms with E-state index in [4.69, 9.17) is 0 Å². The third-order valence-electron chi connectivity index (χ3n) is 9.85. The maximum Gasteiger partial charge on any atom is 0.0583 e. The molecular weight excluding hydrogens is 518 g/mol. The lowest BCUT2D eigenvalue weighted by Gasteiger charge is -2.20. The molecule has 0 saturated carbocycles. The van der Waals surface area contributed by atoms with Crippen LogP contribution in [0.2, 0.25) is 0 Å². The summed E-state index contributed by atoms with van der Waals surface area (Å²) in [6, 6.07) is 47.4. The summed E-state index contributed by atoms with van der Waals surface area (Å²) in [7, 11) is 0. The van der Waals surface area contributed by atoms with Crippen molar-refractivity contribution in [3.05, 3.63) is 151 Å². The summed E-state index contributed by atoms with van der Waals surface area (Å²) in [5.41, 5.74) is 10.8. The molecule has 0 fully saturated rings. The van der Waals surface area contributed by atoms with Gasteiger partial charge >= 0.3 is 0 Å². The van der Waals surface area contributed by atoms with Crippen molar-refractivity contribution >= 4 is 59.8 Å². The van der Waals surface area contributed by atoms with Crippen LogP contribution in [0.5, 0.6) is 0 Å². The second-order valence-corrected chi connectivity index (χ2v) is 12.0. The molecule has 10 rings (SSSR count). The lowest BCUT2D eigenvalue weighted by molar-refractivity contribution is 0.873. The van der Waals surface area contributed by atoms with Crippen LogP contribution in [0.4, 0.5) is 0 Å². The van der Waals surface area contributed by atoms with Gasteiger partial charge in [0.2, 0.25) is 0 Å². The summed E-state index contributed by atoms with van der Waals surface area (Å²) in [5.74, 6) is 0.421. The SMILES string of the molecule is C1=CCC2C(=C1)n1c3ccccc3c3c(-c4c5ccccc5c(-c5ccc6ccccc6c5)c5ccccc45)ccc2c31. The summed E-state index contributed by atoms with van der Waals surface area (Å²) < 4.78 is 2.55. The molecule has 8 aromatic rings. The lowest BCUT2D eigenvalue weighted by atomic mass is 9.83. The number of aromatic nitrogens is 1. The zero-order chi connectivity index (χ0) is 28.1. The molecule has 1 aliphatic carbocycles. The van der Waals surface area contributed by atoms with Crippen LogP contribution in [0.15, 0.2) is 146 Å². The van der Waals surface area contributed by atoms with E-state index in [1.807, 2.05) is 0 Å². The van der Waals surface area contributed by atoms with Gasteiger partial charge in [0.05, 0.1) is 11.0 Å². The van der Waals surface area contributed by atoms with Gasteiger partial charge in [0.1, 0.15) is 0 Å². The minimum absolute atomic E-state index is 0.421. The van der Waals surface area contributed by atoms with Gasteiger partial charge in [0, 0.05) is 22.4 Å². The molecule has 2 aliphatic rings. The van der Waals surface area contributed by atoms with E-state index in [2.05, 4.69) is 150 Å². The fraction of sp³-hybridized carbons (Fsp3) is 0.0476. The van der Waals surface area contributed by atoms with E-state index >= 15 is 0 Å². The third-order valence-corrected chi connectivity index (χ3v) is 9.85. The first-order chi connectivity index (χ1) is 21.4. The molecule has 200 valence electrons. The maximum atomic E-state index is 2.55. The first kappa shape index (κ1) is 23.2. The number of fused-ring (bicyclic) bond motifs is 9. The molecule has 0 radical (unpaired) electrons. The first-order valence-electron chi connectivity index (χ1n) is 15.2. The smallest absolute Gasteiger partial charge is 0.0583 e. The number of benzene rings is 7. The van der Waals surface area contributed by atoms with E-state index in [-0.39, 0.29) is 0 Å². The summed E-state index contributed by atoms with van der Waals surface area (Å²) in [5, 5.41) is 10.4. The number of para-hydroxylation sites is 1. The second kappa shape index (κ2) is 8.56. The Bertz CT molecular complexity index is 2480. The van der Waals surface area contributed by atoms with E-state index < -0.39 is 0 Å². The van der Waals surface area contributed by atoms with Crippen molar-refractivity contribution in [3.63, 3.8) is 0 Å². The summed E-state index contributed by atoms with van der Waals surface area (Å²) in [4.78, 5) is 0. The minimum Gasteiger partial charge on any atom is -0.312 e. The van der Waals surface area contributed by atoms with Gasteiger partial charge in [-0.3, -0.25) is 0 Å². The second-order valence-electron chi connectivity index (χ2n) is 12.0. The molecular formula is C42H27N. The zero-order valence-corrected chi connectivity index (χ0v) is 23.6. The van der Waals surface area contributed by atoms with Gasteiger partial charge in [0.25, 0.3) is 0 Å². The Kier molecular flexibility index (Phi) is 4.62. The van der Waals surface area contributed by atoms with Gasteiger partial charge < -0.3 is 4.57 Å². The standard InChI is InChI=1S/C42H27N/c1-2-12-27-25-28(22-21-26(27)11-1)39-30-14-3-5-16-32(30)40(33-17-6-4-15-31(33)39)36-24-23-34-29-13-7-9-19-37(29)43-38-20-10-8-18-35(38)41(36)42(34)43/h1-12,14-25,29H,13H2. The normalized spacial score (nSPS) is 15.6. The molecule has 2 heterocycles. The van der Waals surface area contributed by atoms with Crippen LogP contribution in [0, 0.1) is 0 Å². The van der Waals surface area contributed by atoms with Crippen molar-refractivity contribution < 1.29 is 0 Å². The molecule has 1 nitrogen and oxygen atoms in total. The molecule has 0 bridgehead atoms. The topological polar surface area (TPSA) is 4.93 Å². The Morgan fingerprint density at radius 1 is 0.558 bits per heavy atom.